The zero-order valence-electron chi connectivity index (χ0n) is 20.6. The highest BCUT2D eigenvalue weighted by molar-refractivity contribution is 7.22. The molecule has 4 heterocycles. The molecule has 2 aromatic carbocycles. The van der Waals surface area contributed by atoms with Crippen LogP contribution < -0.4 is 14.8 Å². The average Bonchev–Trinajstić information content (AvgIpc) is 3.53. The maximum absolute atomic E-state index is 12.0. The predicted octanol–water partition coefficient (Wildman–Crippen LogP) is 4.84. The Hall–Kier alpha value is -4.82. The van der Waals surface area contributed by atoms with Gasteiger partial charge in [-0.1, -0.05) is 0 Å². The summed E-state index contributed by atoms with van der Waals surface area (Å²) in [5.41, 5.74) is 5.79. The summed E-state index contributed by atoms with van der Waals surface area (Å²) >= 11 is 1.58. The molecule has 0 saturated heterocycles. The average molecular weight is 525 g/mol. The van der Waals surface area contributed by atoms with Crippen molar-refractivity contribution in [2.24, 2.45) is 0 Å². The fourth-order valence-electron chi connectivity index (χ4n) is 4.16. The van der Waals surface area contributed by atoms with Gasteiger partial charge in [-0.15, -0.1) is 11.3 Å². The number of ether oxygens (including phenoxy) is 3. The Bertz CT molecular complexity index is 1770. The molecule has 1 N–H and O–H groups in total. The number of benzene rings is 2. The number of hydrogen-bond donors (Lipinski definition) is 1. The maximum Gasteiger partial charge on any atom is 0.425 e. The highest BCUT2D eigenvalue weighted by Gasteiger charge is 2.26. The zero-order valence-corrected chi connectivity index (χ0v) is 21.4. The van der Waals surface area contributed by atoms with Gasteiger partial charge in [-0.25, -0.2) is 29.7 Å². The van der Waals surface area contributed by atoms with Gasteiger partial charge in [-0.3, -0.25) is 5.32 Å². The molecule has 0 fully saturated rings. The first-order valence-corrected chi connectivity index (χ1v) is 12.5. The van der Waals surface area contributed by atoms with Crippen LogP contribution in [0.2, 0.25) is 0 Å². The molecule has 3 aromatic heterocycles. The number of methoxy groups -OCH3 is 1. The summed E-state index contributed by atoms with van der Waals surface area (Å²) in [6.45, 7) is 3.77. The number of carbonyl (C=O) groups excluding carboxylic acids is 1. The van der Waals surface area contributed by atoms with E-state index >= 15 is 0 Å². The Morgan fingerprint density at radius 1 is 1.11 bits per heavy atom. The van der Waals surface area contributed by atoms with Crippen LogP contribution in [0.5, 0.6) is 11.6 Å². The Kier molecular flexibility index (Phi) is 5.94. The largest absolute Gasteiger partial charge is 0.480 e. The van der Waals surface area contributed by atoms with Gasteiger partial charge in [0.15, 0.2) is 6.10 Å². The van der Waals surface area contributed by atoms with Gasteiger partial charge in [0.2, 0.25) is 5.88 Å². The molecule has 38 heavy (non-hydrogen) atoms. The lowest BCUT2D eigenvalue weighted by Gasteiger charge is -2.06. The fraction of sp³-hybridized carbons (Fsp3) is 0.185. The molecule has 1 amide bonds. The summed E-state index contributed by atoms with van der Waals surface area (Å²) in [6.07, 6.45) is 6.41. The van der Waals surface area contributed by atoms with Crippen LogP contribution in [0.15, 0.2) is 42.9 Å². The molecule has 0 bridgehead atoms. The minimum atomic E-state index is -0.721. The molecule has 11 heteroatoms. The summed E-state index contributed by atoms with van der Waals surface area (Å²) in [5, 5.41) is 3.37. The van der Waals surface area contributed by atoms with Gasteiger partial charge in [-0.05, 0) is 49.6 Å². The van der Waals surface area contributed by atoms with Crippen molar-refractivity contribution in [3.05, 3.63) is 59.8 Å². The van der Waals surface area contributed by atoms with E-state index in [0.29, 0.717) is 23.8 Å². The number of amides is 1. The third-order valence-electron chi connectivity index (χ3n) is 5.88. The van der Waals surface area contributed by atoms with Gasteiger partial charge >= 0.3 is 6.09 Å². The second kappa shape index (κ2) is 9.57. The van der Waals surface area contributed by atoms with E-state index in [1.165, 1.54) is 12.4 Å². The Morgan fingerprint density at radius 3 is 2.76 bits per heavy atom. The number of fused-ring (bicyclic) bond motifs is 4. The Balaban J connectivity index is 1.23. The molecule has 1 aliphatic rings. The number of thiazole rings is 1. The van der Waals surface area contributed by atoms with Crippen molar-refractivity contribution in [1.29, 1.82) is 0 Å². The van der Waals surface area contributed by atoms with Crippen LogP contribution in [0.3, 0.4) is 0 Å². The van der Waals surface area contributed by atoms with Crippen molar-refractivity contribution in [2.45, 2.75) is 26.4 Å². The molecule has 5 aromatic rings. The number of nitrogens with one attached hydrogen (secondary N) is 1. The Labute approximate surface area is 221 Å². The smallest absolute Gasteiger partial charge is 0.425 e. The summed E-state index contributed by atoms with van der Waals surface area (Å²) < 4.78 is 17.2. The fourth-order valence-corrected chi connectivity index (χ4v) is 5.29. The van der Waals surface area contributed by atoms with E-state index in [9.17, 15) is 4.79 Å². The standard InChI is InChI=1S/C27H20N6O4S/c1-14-8-19(24-21(9-14)32-23(35-3)13-30-24)26-33-20-4-5-22-18(25(20)38-26)10-17(37-22)6-7-36-27(34)31-16-11-28-15(2)29-12-16/h4-5,8-9,11-13,17H,10H2,1-3H3,(H,31,34)/t17-/m0/s1. The van der Waals surface area contributed by atoms with Crippen LogP contribution in [-0.2, 0) is 11.2 Å². The summed E-state index contributed by atoms with van der Waals surface area (Å²) in [6, 6.07) is 7.88. The molecule has 0 unspecified atom stereocenters. The molecule has 0 aliphatic carbocycles. The van der Waals surface area contributed by atoms with Crippen LogP contribution >= 0.6 is 11.3 Å². The van der Waals surface area contributed by atoms with Crippen molar-refractivity contribution in [2.75, 3.05) is 12.4 Å². The van der Waals surface area contributed by atoms with Gasteiger partial charge in [-0.2, -0.15) is 0 Å². The van der Waals surface area contributed by atoms with Gasteiger partial charge in [0.05, 0.1) is 52.6 Å². The van der Waals surface area contributed by atoms with E-state index in [4.69, 9.17) is 19.2 Å². The van der Waals surface area contributed by atoms with Crippen LogP contribution in [0.1, 0.15) is 17.0 Å². The quantitative estimate of drug-likeness (QED) is 0.331. The molecular weight excluding hydrogens is 504 g/mol. The first-order chi connectivity index (χ1) is 18.5. The van der Waals surface area contributed by atoms with Crippen LogP contribution in [0.4, 0.5) is 10.5 Å². The molecule has 6 rings (SSSR count). The third kappa shape index (κ3) is 4.53. The van der Waals surface area contributed by atoms with Gasteiger partial charge in [0.25, 0.3) is 0 Å². The molecule has 0 spiro atoms. The van der Waals surface area contributed by atoms with E-state index in [2.05, 4.69) is 43.3 Å². The maximum atomic E-state index is 12.0. The molecule has 0 saturated carbocycles. The highest BCUT2D eigenvalue weighted by Crippen LogP contribution is 2.41. The SMILES string of the molecule is COc1cnc2c(-c3nc4ccc5c(c4s3)C[C@H](C#COC(=O)Nc3cnc(C)nc3)O5)cc(C)cc2n1. The number of nitrogens with zero attached hydrogens (tertiary/aromatic N) is 5. The van der Waals surface area contributed by atoms with E-state index in [1.807, 2.05) is 25.1 Å². The van der Waals surface area contributed by atoms with E-state index < -0.39 is 12.2 Å². The topological polar surface area (TPSA) is 121 Å². The predicted molar refractivity (Wildman–Crippen MR) is 142 cm³/mol. The molecule has 1 aliphatic heterocycles. The monoisotopic (exact) mass is 524 g/mol. The summed E-state index contributed by atoms with van der Waals surface area (Å²) in [4.78, 5) is 34.0. The molecule has 0 radical (unpaired) electrons. The first kappa shape index (κ1) is 23.6. The molecule has 1 atom stereocenters. The minimum Gasteiger partial charge on any atom is -0.480 e. The van der Waals surface area contributed by atoms with Crippen molar-refractivity contribution < 1.29 is 19.0 Å². The summed E-state index contributed by atoms with van der Waals surface area (Å²) in [7, 11) is 1.57. The number of hydrogen-bond acceptors (Lipinski definition) is 10. The van der Waals surface area contributed by atoms with Crippen LogP contribution in [0.25, 0.3) is 31.8 Å². The van der Waals surface area contributed by atoms with Crippen molar-refractivity contribution in [3.8, 4) is 34.2 Å². The second-order valence-electron chi connectivity index (χ2n) is 8.59. The number of rotatable bonds is 3. The van der Waals surface area contributed by atoms with E-state index in [0.717, 1.165) is 48.7 Å². The van der Waals surface area contributed by atoms with Gasteiger partial charge in [0.1, 0.15) is 22.7 Å². The van der Waals surface area contributed by atoms with Crippen molar-refractivity contribution in [1.82, 2.24) is 24.9 Å². The number of aryl methyl sites for hydroxylation is 2. The van der Waals surface area contributed by atoms with Gasteiger partial charge in [0, 0.05) is 17.5 Å². The second-order valence-corrected chi connectivity index (χ2v) is 9.59. The van der Waals surface area contributed by atoms with Crippen molar-refractivity contribution in [3.63, 3.8) is 0 Å². The highest BCUT2D eigenvalue weighted by atomic mass is 32.1. The number of aromatic nitrogens is 5. The number of anilines is 1. The molecule has 188 valence electrons. The zero-order chi connectivity index (χ0) is 26.2. The third-order valence-corrected chi connectivity index (χ3v) is 7.04. The lowest BCUT2D eigenvalue weighted by molar-refractivity contribution is 0.206. The molecule has 10 nitrogen and oxygen atoms in total. The van der Waals surface area contributed by atoms with E-state index in [1.54, 1.807) is 31.6 Å². The van der Waals surface area contributed by atoms with Crippen LogP contribution in [0, 0.1) is 25.9 Å². The minimum absolute atomic E-state index is 0.418. The number of carbonyl (C=O) groups is 1. The Morgan fingerprint density at radius 2 is 1.95 bits per heavy atom. The molecular formula is C27H20N6O4S. The van der Waals surface area contributed by atoms with Gasteiger partial charge < -0.3 is 14.2 Å². The first-order valence-electron chi connectivity index (χ1n) is 11.6. The summed E-state index contributed by atoms with van der Waals surface area (Å²) in [5.74, 6) is 4.68. The normalized spacial score (nSPS) is 13.9. The van der Waals surface area contributed by atoms with Crippen molar-refractivity contribution >= 4 is 44.4 Å². The lowest BCUT2D eigenvalue weighted by atomic mass is 10.1. The van der Waals surface area contributed by atoms with E-state index in [-0.39, 0.29) is 0 Å². The van der Waals surface area contributed by atoms with Crippen LogP contribution in [-0.4, -0.2) is 44.2 Å². The lowest BCUT2D eigenvalue weighted by Crippen LogP contribution is -2.13.